The quantitative estimate of drug-likeness (QED) is 0.802. The van der Waals surface area contributed by atoms with E-state index in [9.17, 15) is 15.0 Å². The van der Waals surface area contributed by atoms with Gasteiger partial charge in [-0.2, -0.15) is 0 Å². The highest BCUT2D eigenvalue weighted by molar-refractivity contribution is 5.86. The molecule has 2 aliphatic heterocycles. The minimum absolute atomic E-state index is 0.0596. The first kappa shape index (κ1) is 18.2. The van der Waals surface area contributed by atoms with Crippen LogP contribution in [-0.4, -0.2) is 70.3 Å². The fourth-order valence-corrected chi connectivity index (χ4v) is 4.69. The van der Waals surface area contributed by atoms with E-state index in [2.05, 4.69) is 4.90 Å². The van der Waals surface area contributed by atoms with E-state index < -0.39 is 5.60 Å². The molecular formula is C19H34N2O3. The maximum atomic E-state index is 12.9. The Bertz CT molecular complexity index is 417. The van der Waals surface area contributed by atoms with Crippen molar-refractivity contribution in [3.8, 4) is 0 Å². The van der Waals surface area contributed by atoms with Gasteiger partial charge in [0.1, 0.15) is 0 Å². The molecular weight excluding hydrogens is 304 g/mol. The molecule has 1 unspecified atom stereocenters. The van der Waals surface area contributed by atoms with Crippen LogP contribution in [0.5, 0.6) is 0 Å². The van der Waals surface area contributed by atoms with E-state index in [-0.39, 0.29) is 12.0 Å². The first-order valence-electron chi connectivity index (χ1n) is 9.99. The zero-order valence-corrected chi connectivity index (χ0v) is 15.0. The van der Waals surface area contributed by atoms with Gasteiger partial charge in [-0.15, -0.1) is 0 Å². The summed E-state index contributed by atoms with van der Waals surface area (Å²) < 4.78 is 0. The fraction of sp³-hybridized carbons (Fsp3) is 0.947. The van der Waals surface area contributed by atoms with Crippen LogP contribution in [-0.2, 0) is 4.79 Å². The molecule has 0 radical (unpaired) electrons. The van der Waals surface area contributed by atoms with E-state index in [1.165, 1.54) is 32.1 Å². The second-order valence-corrected chi connectivity index (χ2v) is 8.23. The predicted molar refractivity (Wildman–Crippen MR) is 93.6 cm³/mol. The molecule has 2 heterocycles. The smallest absolute Gasteiger partial charge is 0.255 e. The van der Waals surface area contributed by atoms with Crippen molar-refractivity contribution in [3.63, 3.8) is 0 Å². The van der Waals surface area contributed by atoms with Crippen LogP contribution >= 0.6 is 0 Å². The number of carbonyl (C=O) groups excluding carboxylic acids is 1. The van der Waals surface area contributed by atoms with Gasteiger partial charge in [-0.25, -0.2) is 0 Å². The van der Waals surface area contributed by atoms with Crippen LogP contribution in [0, 0.1) is 5.92 Å². The van der Waals surface area contributed by atoms with Crippen molar-refractivity contribution in [2.24, 2.45) is 5.92 Å². The minimum atomic E-state index is -1.22. The monoisotopic (exact) mass is 338 g/mol. The molecule has 24 heavy (non-hydrogen) atoms. The minimum Gasteiger partial charge on any atom is -0.393 e. The van der Waals surface area contributed by atoms with Crippen molar-refractivity contribution in [2.75, 3.05) is 32.7 Å². The number of carbonyl (C=O) groups is 1. The van der Waals surface area contributed by atoms with Gasteiger partial charge in [0.2, 0.25) is 0 Å². The zero-order valence-electron chi connectivity index (χ0n) is 15.0. The third-order valence-electron chi connectivity index (χ3n) is 6.28. The lowest BCUT2D eigenvalue weighted by Crippen LogP contribution is -2.59. The molecule has 2 saturated heterocycles. The molecule has 1 aliphatic carbocycles. The average molecular weight is 338 g/mol. The van der Waals surface area contributed by atoms with Gasteiger partial charge in [0.25, 0.3) is 5.91 Å². The number of aliphatic hydroxyl groups is 2. The van der Waals surface area contributed by atoms with Crippen molar-refractivity contribution in [1.82, 2.24) is 9.80 Å². The van der Waals surface area contributed by atoms with Crippen LogP contribution in [0.25, 0.3) is 0 Å². The standard InChI is InChI=1S/C19H34N2O3/c22-17-8-12-20(13-9-17)15-19(24)10-4-11-21(18(19)23)14-7-16-5-2-1-3-6-16/h16-17,22,24H,1-15H2. The molecule has 3 aliphatic rings. The largest absolute Gasteiger partial charge is 0.393 e. The van der Waals surface area contributed by atoms with E-state index in [1.807, 2.05) is 4.90 Å². The van der Waals surface area contributed by atoms with Gasteiger partial charge in [0, 0.05) is 32.7 Å². The van der Waals surface area contributed by atoms with Crippen molar-refractivity contribution in [3.05, 3.63) is 0 Å². The molecule has 1 atom stereocenters. The number of hydrogen-bond donors (Lipinski definition) is 2. The molecule has 0 spiro atoms. The van der Waals surface area contributed by atoms with Gasteiger partial charge in [-0.05, 0) is 38.0 Å². The number of nitrogens with zero attached hydrogens (tertiary/aromatic N) is 2. The first-order chi connectivity index (χ1) is 11.6. The van der Waals surface area contributed by atoms with Gasteiger partial charge < -0.3 is 15.1 Å². The summed E-state index contributed by atoms with van der Waals surface area (Å²) in [4.78, 5) is 16.9. The average Bonchev–Trinajstić information content (AvgIpc) is 2.59. The van der Waals surface area contributed by atoms with Gasteiger partial charge in [-0.3, -0.25) is 9.69 Å². The molecule has 0 aromatic rings. The topological polar surface area (TPSA) is 64.0 Å². The Morgan fingerprint density at radius 1 is 1.00 bits per heavy atom. The lowest BCUT2D eigenvalue weighted by molar-refractivity contribution is -0.160. The second-order valence-electron chi connectivity index (χ2n) is 8.23. The summed E-state index contributed by atoms with van der Waals surface area (Å²) in [5, 5.41) is 20.6. The van der Waals surface area contributed by atoms with Crippen LogP contribution in [0.4, 0.5) is 0 Å². The molecule has 0 aromatic carbocycles. The van der Waals surface area contributed by atoms with Crippen molar-refractivity contribution in [2.45, 2.75) is 75.9 Å². The van der Waals surface area contributed by atoms with Crippen molar-refractivity contribution < 1.29 is 15.0 Å². The summed E-state index contributed by atoms with van der Waals surface area (Å²) in [7, 11) is 0. The molecule has 138 valence electrons. The molecule has 5 nitrogen and oxygen atoms in total. The highest BCUT2D eigenvalue weighted by Gasteiger charge is 2.43. The number of amides is 1. The Morgan fingerprint density at radius 3 is 2.42 bits per heavy atom. The summed E-state index contributed by atoms with van der Waals surface area (Å²) in [5.41, 5.74) is -1.22. The Kier molecular flexibility index (Phi) is 6.17. The molecule has 0 aromatic heterocycles. The Morgan fingerprint density at radius 2 is 1.71 bits per heavy atom. The van der Waals surface area contributed by atoms with Crippen LogP contribution in [0.2, 0.25) is 0 Å². The highest BCUT2D eigenvalue weighted by Crippen LogP contribution is 2.29. The fourth-order valence-electron chi connectivity index (χ4n) is 4.69. The molecule has 1 amide bonds. The Balaban J connectivity index is 1.51. The molecule has 3 rings (SSSR count). The second kappa shape index (κ2) is 8.15. The lowest BCUT2D eigenvalue weighted by atomic mass is 9.86. The number of hydrogen-bond acceptors (Lipinski definition) is 4. The van der Waals surface area contributed by atoms with Crippen LogP contribution in [0.15, 0.2) is 0 Å². The zero-order chi connectivity index (χ0) is 17.0. The van der Waals surface area contributed by atoms with Crippen molar-refractivity contribution >= 4 is 5.91 Å². The summed E-state index contributed by atoms with van der Waals surface area (Å²) in [5.74, 6) is 0.709. The summed E-state index contributed by atoms with van der Waals surface area (Å²) in [6.07, 6.45) is 10.5. The number of piperidine rings is 2. The number of rotatable bonds is 5. The molecule has 2 N–H and O–H groups in total. The number of aliphatic hydroxyl groups excluding tert-OH is 1. The Hall–Kier alpha value is -0.650. The SMILES string of the molecule is O=C1N(CCC2CCCCC2)CCCC1(O)CN1CCC(O)CC1. The van der Waals surface area contributed by atoms with E-state index in [0.717, 1.165) is 57.8 Å². The first-order valence-corrected chi connectivity index (χ1v) is 9.99. The maximum Gasteiger partial charge on any atom is 0.255 e. The predicted octanol–water partition coefficient (Wildman–Crippen LogP) is 1.77. The van der Waals surface area contributed by atoms with Crippen LogP contribution in [0.1, 0.15) is 64.2 Å². The molecule has 3 fully saturated rings. The normalized spacial score (nSPS) is 31.6. The van der Waals surface area contributed by atoms with Crippen LogP contribution in [0.3, 0.4) is 0 Å². The summed E-state index contributed by atoms with van der Waals surface area (Å²) in [6, 6.07) is 0. The third-order valence-corrected chi connectivity index (χ3v) is 6.28. The van der Waals surface area contributed by atoms with E-state index >= 15 is 0 Å². The van der Waals surface area contributed by atoms with Gasteiger partial charge in [0.15, 0.2) is 5.60 Å². The summed E-state index contributed by atoms with van der Waals surface area (Å²) in [6.45, 7) is 3.59. The number of β-amino-alcohol motifs (C(OH)–C–C–N with tert-alkyl or cyclic N) is 1. The van der Waals surface area contributed by atoms with E-state index in [4.69, 9.17) is 0 Å². The Labute approximate surface area is 146 Å². The highest BCUT2D eigenvalue weighted by atomic mass is 16.3. The third kappa shape index (κ3) is 4.50. The van der Waals surface area contributed by atoms with Gasteiger partial charge in [0.05, 0.1) is 6.10 Å². The molecule has 0 bridgehead atoms. The van der Waals surface area contributed by atoms with E-state index in [0.29, 0.717) is 13.0 Å². The van der Waals surface area contributed by atoms with Crippen LogP contribution < -0.4 is 0 Å². The number of likely N-dealkylation sites (tertiary alicyclic amines) is 2. The van der Waals surface area contributed by atoms with Gasteiger partial charge in [-0.1, -0.05) is 32.1 Å². The van der Waals surface area contributed by atoms with Gasteiger partial charge >= 0.3 is 0 Å². The van der Waals surface area contributed by atoms with E-state index in [1.54, 1.807) is 0 Å². The summed E-state index contributed by atoms with van der Waals surface area (Å²) >= 11 is 0. The van der Waals surface area contributed by atoms with Crippen molar-refractivity contribution in [1.29, 1.82) is 0 Å². The molecule has 5 heteroatoms. The molecule has 1 saturated carbocycles. The maximum absolute atomic E-state index is 12.9. The lowest BCUT2D eigenvalue weighted by Gasteiger charge is -2.42.